The van der Waals surface area contributed by atoms with Gasteiger partial charge in [-0.25, -0.2) is 0 Å². The number of fused-ring (bicyclic) bond motifs is 1. The highest BCUT2D eigenvalue weighted by molar-refractivity contribution is 9.09. The predicted molar refractivity (Wildman–Crippen MR) is 122 cm³/mol. The number of nitrogens with zero attached hydrogens (tertiary/aromatic N) is 1. The van der Waals surface area contributed by atoms with Crippen molar-refractivity contribution in [3.8, 4) is 0 Å². The van der Waals surface area contributed by atoms with Crippen molar-refractivity contribution in [1.29, 1.82) is 0 Å². The van der Waals surface area contributed by atoms with Crippen LogP contribution in [-0.2, 0) is 19.1 Å². The smallest absolute Gasteiger partial charge is 0.246 e. The minimum absolute atomic E-state index is 0.000393. The summed E-state index contributed by atoms with van der Waals surface area (Å²) >= 11 is 3.66. The lowest BCUT2D eigenvalue weighted by atomic mass is 9.70. The second-order valence-corrected chi connectivity index (χ2v) is 11.2. The first-order valence-corrected chi connectivity index (χ1v) is 13.0. The molecule has 1 spiro atoms. The normalized spacial score (nSPS) is 38.5. The quantitative estimate of drug-likeness (QED) is 0.445. The van der Waals surface area contributed by atoms with Crippen molar-refractivity contribution in [1.82, 2.24) is 15.5 Å². The zero-order valence-corrected chi connectivity index (χ0v) is 20.8. The van der Waals surface area contributed by atoms with Gasteiger partial charge in [-0.1, -0.05) is 55.5 Å². The highest BCUT2D eigenvalue weighted by Gasteiger charge is 2.77. The molecule has 4 fully saturated rings. The van der Waals surface area contributed by atoms with Gasteiger partial charge in [-0.05, 0) is 25.2 Å². The Balaban J connectivity index is 1.74. The molecule has 8 atom stereocenters. The number of nitrogens with one attached hydrogen (secondary N) is 2. The van der Waals surface area contributed by atoms with E-state index in [1.165, 1.54) is 6.42 Å². The zero-order chi connectivity index (χ0) is 23.2. The number of ether oxygens (including phenoxy) is 1. The lowest BCUT2D eigenvalue weighted by Gasteiger charge is -2.39. The maximum Gasteiger partial charge on any atom is 0.246 e. The summed E-state index contributed by atoms with van der Waals surface area (Å²) < 4.78 is 6.45. The van der Waals surface area contributed by atoms with Gasteiger partial charge in [0.05, 0.1) is 30.6 Å². The van der Waals surface area contributed by atoms with E-state index in [-0.39, 0.29) is 41.1 Å². The number of amides is 3. The van der Waals surface area contributed by atoms with Crippen LogP contribution in [-0.4, -0.2) is 76.0 Å². The number of alkyl halides is 1. The van der Waals surface area contributed by atoms with E-state index in [9.17, 15) is 19.5 Å². The van der Waals surface area contributed by atoms with Crippen LogP contribution in [0.4, 0.5) is 0 Å². The number of halogens is 1. The average molecular weight is 514 g/mol. The molecule has 3 amide bonds. The van der Waals surface area contributed by atoms with Crippen LogP contribution in [0.1, 0.15) is 58.8 Å². The predicted octanol–water partition coefficient (Wildman–Crippen LogP) is 1.34. The van der Waals surface area contributed by atoms with E-state index in [0.29, 0.717) is 6.42 Å². The van der Waals surface area contributed by atoms with E-state index >= 15 is 0 Å². The van der Waals surface area contributed by atoms with Crippen molar-refractivity contribution in [2.24, 2.45) is 17.8 Å². The number of rotatable bonds is 7. The van der Waals surface area contributed by atoms with E-state index in [4.69, 9.17) is 4.74 Å². The standard InChI is InChI=1S/C23H36BrN3O5/c1-4-12(2)15(11-28)27-19(21(30)26-13-8-6-5-7-9-13)23-10-14(24)18(32-23)16(20(29)25-3)17(23)22(27)31/h12-19,28H,4-11H2,1-3H3,(H,25,29)(H,26,30)/t12-,14?,15-,16-,17-,18-,19?,23?/m0/s1. The van der Waals surface area contributed by atoms with Gasteiger partial charge in [0.1, 0.15) is 11.6 Å². The number of aliphatic hydroxyl groups is 1. The zero-order valence-electron chi connectivity index (χ0n) is 19.2. The fraction of sp³-hybridized carbons (Fsp3) is 0.870. The molecule has 2 bridgehead atoms. The van der Waals surface area contributed by atoms with Crippen LogP contribution in [0, 0.1) is 17.8 Å². The largest absolute Gasteiger partial charge is 0.394 e. The minimum Gasteiger partial charge on any atom is -0.394 e. The van der Waals surface area contributed by atoms with E-state index in [1.807, 2.05) is 13.8 Å². The fourth-order valence-corrected chi connectivity index (χ4v) is 7.47. The molecule has 0 aromatic carbocycles. The van der Waals surface area contributed by atoms with Crippen molar-refractivity contribution in [3.63, 3.8) is 0 Å². The van der Waals surface area contributed by atoms with Crippen LogP contribution >= 0.6 is 15.9 Å². The molecule has 4 aliphatic rings. The highest BCUT2D eigenvalue weighted by Crippen LogP contribution is 2.60. The number of carbonyl (C=O) groups excluding carboxylic acids is 3. The Bertz CT molecular complexity index is 760. The monoisotopic (exact) mass is 513 g/mol. The molecular weight excluding hydrogens is 478 g/mol. The van der Waals surface area contributed by atoms with Gasteiger partial charge in [0, 0.05) is 17.9 Å². The first kappa shape index (κ1) is 24.0. The molecule has 0 aromatic rings. The molecule has 4 rings (SSSR count). The maximum atomic E-state index is 13.9. The first-order valence-electron chi connectivity index (χ1n) is 12.1. The Labute approximate surface area is 198 Å². The van der Waals surface area contributed by atoms with Crippen LogP contribution in [0.5, 0.6) is 0 Å². The molecule has 3 heterocycles. The minimum atomic E-state index is -1.06. The van der Waals surface area contributed by atoms with Gasteiger partial charge >= 0.3 is 0 Å². The number of carbonyl (C=O) groups is 3. The Kier molecular flexibility index (Phi) is 6.90. The molecule has 180 valence electrons. The molecule has 32 heavy (non-hydrogen) atoms. The van der Waals surface area contributed by atoms with Crippen LogP contribution < -0.4 is 10.6 Å². The molecular formula is C23H36BrN3O5. The Morgan fingerprint density at radius 1 is 1.28 bits per heavy atom. The Morgan fingerprint density at radius 2 is 1.97 bits per heavy atom. The topological polar surface area (TPSA) is 108 Å². The number of aliphatic hydroxyl groups excluding tert-OH is 1. The second-order valence-electron chi connectivity index (χ2n) is 10.0. The molecule has 3 unspecified atom stereocenters. The summed E-state index contributed by atoms with van der Waals surface area (Å²) in [5.74, 6) is -2.08. The van der Waals surface area contributed by atoms with Gasteiger partial charge < -0.3 is 25.4 Å². The summed E-state index contributed by atoms with van der Waals surface area (Å²) in [4.78, 5) is 42.0. The fourth-order valence-electron chi connectivity index (χ4n) is 6.53. The van der Waals surface area contributed by atoms with E-state index in [1.54, 1.807) is 11.9 Å². The SMILES string of the molecule is CC[C@H](C)[C@H](CO)N1C(=O)[C@@H]2[C@H](C(=O)NC)[C@H]3OC2(CC3Br)C1C(=O)NC1CCCCC1. The van der Waals surface area contributed by atoms with Gasteiger partial charge in [-0.3, -0.25) is 14.4 Å². The molecule has 9 heteroatoms. The van der Waals surface area contributed by atoms with Gasteiger partial charge in [0.2, 0.25) is 17.7 Å². The van der Waals surface area contributed by atoms with Crippen molar-refractivity contribution < 1.29 is 24.2 Å². The summed E-state index contributed by atoms with van der Waals surface area (Å²) in [5.41, 5.74) is -1.06. The Morgan fingerprint density at radius 3 is 2.56 bits per heavy atom. The van der Waals surface area contributed by atoms with E-state index in [2.05, 4.69) is 26.6 Å². The number of hydrogen-bond acceptors (Lipinski definition) is 5. The molecule has 0 aromatic heterocycles. The molecule has 8 nitrogen and oxygen atoms in total. The molecule has 3 aliphatic heterocycles. The van der Waals surface area contributed by atoms with Crippen molar-refractivity contribution in [2.75, 3.05) is 13.7 Å². The van der Waals surface area contributed by atoms with E-state index in [0.717, 1.165) is 32.1 Å². The van der Waals surface area contributed by atoms with Gasteiger partial charge in [0.15, 0.2) is 0 Å². The molecule has 1 saturated carbocycles. The molecule has 3 saturated heterocycles. The third-order valence-corrected chi connectivity index (χ3v) is 9.17. The summed E-state index contributed by atoms with van der Waals surface area (Å²) in [6.45, 7) is 3.76. The number of hydrogen-bond donors (Lipinski definition) is 3. The summed E-state index contributed by atoms with van der Waals surface area (Å²) in [7, 11) is 1.56. The van der Waals surface area contributed by atoms with Crippen molar-refractivity contribution >= 4 is 33.7 Å². The van der Waals surface area contributed by atoms with Crippen LogP contribution in [0.25, 0.3) is 0 Å². The third kappa shape index (κ3) is 3.59. The lowest BCUT2D eigenvalue weighted by molar-refractivity contribution is -0.147. The van der Waals surface area contributed by atoms with E-state index < -0.39 is 35.6 Å². The molecule has 1 aliphatic carbocycles. The molecule has 3 N–H and O–H groups in total. The van der Waals surface area contributed by atoms with Crippen LogP contribution in [0.15, 0.2) is 0 Å². The third-order valence-electron chi connectivity index (χ3n) is 8.32. The number of likely N-dealkylation sites (tertiary alicyclic amines) is 1. The van der Waals surface area contributed by atoms with Crippen LogP contribution in [0.3, 0.4) is 0 Å². The highest BCUT2D eigenvalue weighted by atomic mass is 79.9. The van der Waals surface area contributed by atoms with Gasteiger partial charge in [0.25, 0.3) is 0 Å². The summed E-state index contributed by atoms with van der Waals surface area (Å²) in [5, 5.41) is 16.2. The summed E-state index contributed by atoms with van der Waals surface area (Å²) in [6.07, 6.45) is 6.00. The van der Waals surface area contributed by atoms with Gasteiger partial charge in [-0.2, -0.15) is 0 Å². The van der Waals surface area contributed by atoms with Crippen molar-refractivity contribution in [3.05, 3.63) is 0 Å². The second kappa shape index (κ2) is 9.22. The average Bonchev–Trinajstić information content (AvgIpc) is 3.38. The lowest BCUT2D eigenvalue weighted by Crippen LogP contribution is -2.60. The van der Waals surface area contributed by atoms with Crippen LogP contribution in [0.2, 0.25) is 0 Å². The summed E-state index contributed by atoms with van der Waals surface area (Å²) in [6, 6.07) is -1.27. The Hall–Kier alpha value is -1.19. The first-order chi connectivity index (χ1) is 15.3. The maximum absolute atomic E-state index is 13.9. The van der Waals surface area contributed by atoms with Crippen molar-refractivity contribution in [2.45, 2.75) is 93.5 Å². The molecule has 0 radical (unpaired) electrons. The van der Waals surface area contributed by atoms with Gasteiger partial charge in [-0.15, -0.1) is 0 Å².